The number of aromatic hydroxyl groups is 2. The number of aryl methyl sites for hydroxylation is 8. The van der Waals surface area contributed by atoms with Crippen LogP contribution in [0.2, 0.25) is 0 Å². The molecule has 4 aliphatic rings. The molecule has 0 aliphatic heterocycles. The lowest BCUT2D eigenvalue weighted by molar-refractivity contribution is 0.247. The molecule has 0 radical (unpaired) electrons. The lowest BCUT2D eigenvalue weighted by Gasteiger charge is -2.29. The van der Waals surface area contributed by atoms with Crippen LogP contribution in [0.5, 0.6) is 23.0 Å². The summed E-state index contributed by atoms with van der Waals surface area (Å²) in [6.07, 6.45) is 22.5. The second kappa shape index (κ2) is 19.8. The predicted molar refractivity (Wildman–Crippen MR) is 276 cm³/mol. The van der Waals surface area contributed by atoms with Gasteiger partial charge in [-0.1, -0.05) is 37.3 Å². The van der Waals surface area contributed by atoms with E-state index >= 15 is 0 Å². The largest absolute Gasteiger partial charge is 0.507 e. The van der Waals surface area contributed by atoms with Gasteiger partial charge in [0, 0.05) is 39.8 Å². The minimum atomic E-state index is 0.307. The van der Waals surface area contributed by atoms with Gasteiger partial charge in [-0.2, -0.15) is 0 Å². The lowest BCUT2D eigenvalue weighted by atomic mass is 9.76. The zero-order valence-electron chi connectivity index (χ0n) is 40.8. The van der Waals surface area contributed by atoms with Gasteiger partial charge in [-0.15, -0.1) is 0 Å². The minimum Gasteiger partial charge on any atom is -0.507 e. The van der Waals surface area contributed by atoms with Gasteiger partial charge in [0.15, 0.2) is 0 Å². The van der Waals surface area contributed by atoms with Crippen molar-refractivity contribution in [2.24, 2.45) is 0 Å². The summed E-state index contributed by atoms with van der Waals surface area (Å²) in [6.45, 7) is 18.3. The van der Waals surface area contributed by atoms with Gasteiger partial charge in [0.1, 0.15) is 23.0 Å². The first-order valence-corrected chi connectivity index (χ1v) is 25.4. The SMILES string of the molecule is C=C1CCCCC/C=C2/CCCCC2=C1c1cc(C)cc(-c2cc(C)cc(C)c2OCCCOc2c(C)cc(C)cc2-c2cc(C)cc(-c3c4c(cc5c3CCCC5)CCCC4)c2O)c1O. The van der Waals surface area contributed by atoms with Gasteiger partial charge >= 0.3 is 0 Å². The summed E-state index contributed by atoms with van der Waals surface area (Å²) >= 11 is 0. The summed E-state index contributed by atoms with van der Waals surface area (Å²) in [7, 11) is 0. The number of hydrogen-bond acceptors (Lipinski definition) is 4. The zero-order valence-corrected chi connectivity index (χ0v) is 40.8. The zero-order chi connectivity index (χ0) is 46.1. The van der Waals surface area contributed by atoms with E-state index in [0.717, 1.165) is 147 Å². The number of phenols is 2. The van der Waals surface area contributed by atoms with Crippen molar-refractivity contribution < 1.29 is 19.7 Å². The van der Waals surface area contributed by atoms with Crippen molar-refractivity contribution >= 4 is 5.57 Å². The van der Waals surface area contributed by atoms with Crippen LogP contribution in [0.25, 0.3) is 39.0 Å². The van der Waals surface area contributed by atoms with Crippen LogP contribution in [0.15, 0.2) is 84.0 Å². The maximum atomic E-state index is 12.5. The third-order valence-corrected chi connectivity index (χ3v) is 15.0. The van der Waals surface area contributed by atoms with E-state index in [4.69, 9.17) is 9.47 Å². The molecule has 4 nitrogen and oxygen atoms in total. The van der Waals surface area contributed by atoms with E-state index in [1.54, 1.807) is 0 Å². The molecule has 4 heteroatoms. The number of phenolic OH excluding ortho intramolecular Hbond substituents is 2. The van der Waals surface area contributed by atoms with Crippen molar-refractivity contribution in [2.75, 3.05) is 13.2 Å². The van der Waals surface area contributed by atoms with Crippen LogP contribution in [-0.4, -0.2) is 23.4 Å². The Balaban J connectivity index is 0.999. The van der Waals surface area contributed by atoms with Crippen molar-refractivity contribution in [1.82, 2.24) is 0 Å². The minimum absolute atomic E-state index is 0.307. The maximum Gasteiger partial charge on any atom is 0.131 e. The molecule has 5 aromatic carbocycles. The molecule has 1 fully saturated rings. The molecular weight excluding hydrogens is 809 g/mol. The molecule has 0 bridgehead atoms. The molecule has 0 atom stereocenters. The van der Waals surface area contributed by atoms with Crippen LogP contribution < -0.4 is 9.47 Å². The number of hydrogen-bond donors (Lipinski definition) is 2. The van der Waals surface area contributed by atoms with Crippen LogP contribution >= 0.6 is 0 Å². The normalized spacial score (nSPS) is 17.4. The third-order valence-electron chi connectivity index (χ3n) is 15.0. The van der Waals surface area contributed by atoms with Crippen LogP contribution in [0.1, 0.15) is 151 Å². The highest BCUT2D eigenvalue weighted by Crippen LogP contribution is 2.50. The van der Waals surface area contributed by atoms with Gasteiger partial charge in [0.2, 0.25) is 0 Å². The number of fused-ring (bicyclic) bond motifs is 3. The van der Waals surface area contributed by atoms with E-state index in [-0.39, 0.29) is 0 Å². The first kappa shape index (κ1) is 45.7. The third kappa shape index (κ3) is 9.27. The molecule has 4 aliphatic carbocycles. The average Bonchev–Trinajstić information content (AvgIpc) is 3.29. The smallest absolute Gasteiger partial charge is 0.131 e. The monoisotopic (exact) mass is 881 g/mol. The molecule has 2 N–H and O–H groups in total. The van der Waals surface area contributed by atoms with Crippen molar-refractivity contribution in [2.45, 2.75) is 157 Å². The summed E-state index contributed by atoms with van der Waals surface area (Å²) in [6, 6.07) is 19.8. The lowest BCUT2D eigenvalue weighted by Crippen LogP contribution is -2.13. The van der Waals surface area contributed by atoms with E-state index < -0.39 is 0 Å². The summed E-state index contributed by atoms with van der Waals surface area (Å²) in [5.74, 6) is 2.26. The number of rotatable bonds is 10. The van der Waals surface area contributed by atoms with Gasteiger partial charge < -0.3 is 19.7 Å². The van der Waals surface area contributed by atoms with E-state index in [0.29, 0.717) is 31.1 Å². The highest BCUT2D eigenvalue weighted by atomic mass is 16.5. The maximum absolute atomic E-state index is 12.5. The number of allylic oxidation sites excluding steroid dienone is 5. The van der Waals surface area contributed by atoms with E-state index in [2.05, 4.69) is 109 Å². The van der Waals surface area contributed by atoms with Crippen LogP contribution in [0, 0.1) is 41.5 Å². The molecule has 66 heavy (non-hydrogen) atoms. The summed E-state index contributed by atoms with van der Waals surface area (Å²) in [4.78, 5) is 0. The van der Waals surface area contributed by atoms with E-state index in [1.807, 2.05) is 0 Å². The van der Waals surface area contributed by atoms with E-state index in [9.17, 15) is 10.2 Å². The van der Waals surface area contributed by atoms with Crippen LogP contribution in [0.3, 0.4) is 0 Å². The molecule has 9 rings (SSSR count). The average molecular weight is 881 g/mol. The Labute approximate surface area is 395 Å². The van der Waals surface area contributed by atoms with Gasteiger partial charge in [0.05, 0.1) is 13.2 Å². The second-order valence-corrected chi connectivity index (χ2v) is 20.3. The fourth-order valence-electron chi connectivity index (χ4n) is 12.0. The van der Waals surface area contributed by atoms with Crippen LogP contribution in [-0.2, 0) is 25.7 Å². The first-order chi connectivity index (χ1) is 32.0. The number of ether oxygens (including phenoxy) is 2. The molecule has 5 aromatic rings. The molecule has 344 valence electrons. The summed E-state index contributed by atoms with van der Waals surface area (Å²) in [5.41, 5.74) is 24.3. The Morgan fingerprint density at radius 3 is 1.55 bits per heavy atom. The Hall–Kier alpha value is -5.48. The molecule has 0 saturated heterocycles. The van der Waals surface area contributed by atoms with Crippen molar-refractivity contribution in [3.05, 3.63) is 145 Å². The summed E-state index contributed by atoms with van der Waals surface area (Å²) < 4.78 is 13.5. The van der Waals surface area contributed by atoms with Gasteiger partial charge in [0.25, 0.3) is 0 Å². The van der Waals surface area contributed by atoms with Crippen LogP contribution in [0.4, 0.5) is 0 Å². The van der Waals surface area contributed by atoms with E-state index in [1.165, 1.54) is 90.3 Å². The Morgan fingerprint density at radius 1 is 0.470 bits per heavy atom. The molecule has 0 spiro atoms. The summed E-state index contributed by atoms with van der Waals surface area (Å²) in [5, 5.41) is 24.9. The predicted octanol–water partition coefficient (Wildman–Crippen LogP) is 16.3. The topological polar surface area (TPSA) is 58.9 Å². The van der Waals surface area contributed by atoms with Gasteiger partial charge in [-0.25, -0.2) is 0 Å². The quantitative estimate of drug-likeness (QED) is 0.137. The Bertz CT molecular complexity index is 2720. The Kier molecular flexibility index (Phi) is 13.7. The first-order valence-electron chi connectivity index (χ1n) is 25.4. The molecule has 1 saturated carbocycles. The highest BCUT2D eigenvalue weighted by Gasteiger charge is 2.28. The highest BCUT2D eigenvalue weighted by molar-refractivity contribution is 5.92. The van der Waals surface area contributed by atoms with Crippen molar-refractivity contribution in [3.63, 3.8) is 0 Å². The Morgan fingerprint density at radius 2 is 0.939 bits per heavy atom. The fourth-order valence-corrected chi connectivity index (χ4v) is 12.0. The van der Waals surface area contributed by atoms with Crippen molar-refractivity contribution in [3.8, 4) is 56.4 Å². The fraction of sp³-hybridized carbons (Fsp3) is 0.419. The molecule has 0 unspecified atom stereocenters. The van der Waals surface area contributed by atoms with Gasteiger partial charge in [-0.05, 0) is 264 Å². The molecule has 0 aromatic heterocycles. The van der Waals surface area contributed by atoms with Crippen molar-refractivity contribution in [1.29, 1.82) is 0 Å². The molecule has 0 heterocycles. The number of benzene rings is 5. The second-order valence-electron chi connectivity index (χ2n) is 20.3. The molecular formula is C62H72O4. The van der Waals surface area contributed by atoms with Gasteiger partial charge in [-0.3, -0.25) is 0 Å². The standard InChI is InChI=1S/C62H72O4/c1-38-29-43(6)61(53(33-38)51-31-40(3)35-55(59(51)63)57-42(5)19-10-8-9-11-20-45-21-12-15-24-48(45)57)65-27-18-28-66-62-44(7)30-39(2)34-54(62)52-32-41(4)36-56(60(52)64)58-49-25-16-13-22-46(49)37-47-23-14-17-26-50(47)58/h20,29-37,63-64H,5,8-19,21-28H2,1-4,6-7H3/b45-20-,57-48?. The molecule has 0 amide bonds.